The van der Waals surface area contributed by atoms with Crippen LogP contribution in [0.5, 0.6) is 5.75 Å². The van der Waals surface area contributed by atoms with Gasteiger partial charge in [0.25, 0.3) is 0 Å². The van der Waals surface area contributed by atoms with Crippen molar-refractivity contribution in [1.29, 1.82) is 0 Å². The summed E-state index contributed by atoms with van der Waals surface area (Å²) in [5.74, 6) is 0.349. The minimum absolute atomic E-state index is 0.176. The largest absolute Gasteiger partial charge is 0.495 e. The Morgan fingerprint density at radius 1 is 1.08 bits per heavy atom. The number of rotatable bonds is 6. The van der Waals surface area contributed by atoms with E-state index >= 15 is 0 Å². The van der Waals surface area contributed by atoms with E-state index in [2.05, 4.69) is 4.90 Å². The smallest absolute Gasteiger partial charge is 0.246 e. The number of para-hydroxylation sites is 1. The van der Waals surface area contributed by atoms with Gasteiger partial charge in [-0.05, 0) is 29.8 Å². The van der Waals surface area contributed by atoms with Crippen molar-refractivity contribution in [1.82, 2.24) is 4.31 Å². The topological polar surface area (TPSA) is 59.1 Å². The molecule has 0 N–H and O–H groups in total. The second-order valence-electron chi connectivity index (χ2n) is 6.18. The lowest BCUT2D eigenvalue weighted by Gasteiger charge is -2.29. The fourth-order valence-electron chi connectivity index (χ4n) is 2.98. The van der Waals surface area contributed by atoms with Crippen LogP contribution in [0.2, 0.25) is 0 Å². The Bertz CT molecular complexity index is 831. The number of benzene rings is 2. The summed E-state index contributed by atoms with van der Waals surface area (Å²) < 4.78 is 37.6. The Labute approximate surface area is 155 Å². The fraction of sp³-hybridized carbons (Fsp3) is 0.368. The zero-order valence-corrected chi connectivity index (χ0v) is 15.9. The van der Waals surface area contributed by atoms with E-state index in [1.807, 2.05) is 24.3 Å². The molecule has 140 valence electrons. The van der Waals surface area contributed by atoms with E-state index in [9.17, 15) is 8.42 Å². The minimum atomic E-state index is -3.63. The Kier molecular flexibility index (Phi) is 5.80. The number of ether oxygens (including phenoxy) is 2. The third-order valence-electron chi connectivity index (χ3n) is 4.48. The molecule has 1 heterocycles. The van der Waals surface area contributed by atoms with Crippen LogP contribution in [0.4, 0.5) is 5.69 Å². The fourth-order valence-corrected chi connectivity index (χ4v) is 4.29. The van der Waals surface area contributed by atoms with Crippen LogP contribution in [-0.2, 0) is 21.3 Å². The van der Waals surface area contributed by atoms with Crippen LogP contribution in [0, 0.1) is 0 Å². The number of morpholine rings is 1. The second-order valence-corrected chi connectivity index (χ2v) is 8.19. The Morgan fingerprint density at radius 3 is 2.38 bits per heavy atom. The third-order valence-corrected chi connectivity index (χ3v) is 6.32. The number of anilines is 1. The van der Waals surface area contributed by atoms with Crippen molar-refractivity contribution in [3.8, 4) is 5.75 Å². The van der Waals surface area contributed by atoms with Gasteiger partial charge in [-0.2, -0.15) is 4.31 Å². The zero-order chi connectivity index (χ0) is 18.6. The van der Waals surface area contributed by atoms with Gasteiger partial charge < -0.3 is 14.4 Å². The average molecular weight is 376 g/mol. The van der Waals surface area contributed by atoms with Gasteiger partial charge in [0.2, 0.25) is 10.0 Å². The number of methoxy groups -OCH3 is 1. The van der Waals surface area contributed by atoms with Gasteiger partial charge in [-0.15, -0.1) is 0 Å². The molecule has 3 rings (SSSR count). The lowest BCUT2D eigenvalue weighted by Crippen LogP contribution is -2.36. The van der Waals surface area contributed by atoms with Crippen molar-refractivity contribution in [2.75, 3.05) is 45.4 Å². The van der Waals surface area contributed by atoms with E-state index in [-0.39, 0.29) is 4.90 Å². The first-order valence-corrected chi connectivity index (χ1v) is 9.97. The molecule has 1 aliphatic rings. The molecule has 26 heavy (non-hydrogen) atoms. The highest BCUT2D eigenvalue weighted by Gasteiger charge is 2.24. The van der Waals surface area contributed by atoms with Crippen molar-refractivity contribution >= 4 is 15.7 Å². The second kappa shape index (κ2) is 8.07. The van der Waals surface area contributed by atoms with E-state index in [1.54, 1.807) is 31.3 Å². The molecule has 0 atom stereocenters. The first kappa shape index (κ1) is 18.7. The number of hydrogen-bond donors (Lipinski definition) is 0. The molecule has 0 saturated carbocycles. The van der Waals surface area contributed by atoms with Gasteiger partial charge in [-0.25, -0.2) is 8.42 Å². The van der Waals surface area contributed by atoms with Crippen molar-refractivity contribution in [2.45, 2.75) is 11.4 Å². The van der Waals surface area contributed by atoms with Crippen molar-refractivity contribution in [3.63, 3.8) is 0 Å². The van der Waals surface area contributed by atoms with Crippen molar-refractivity contribution in [3.05, 3.63) is 54.1 Å². The van der Waals surface area contributed by atoms with Crippen LogP contribution in [0.1, 0.15) is 5.56 Å². The maximum atomic E-state index is 12.9. The molecule has 0 aliphatic carbocycles. The molecule has 2 aromatic carbocycles. The summed E-state index contributed by atoms with van der Waals surface area (Å²) in [6.45, 7) is 3.52. The average Bonchev–Trinajstić information content (AvgIpc) is 2.69. The van der Waals surface area contributed by atoms with E-state index in [0.717, 1.165) is 37.6 Å². The van der Waals surface area contributed by atoms with Crippen LogP contribution >= 0.6 is 0 Å². The van der Waals surface area contributed by atoms with Crippen LogP contribution in [0.15, 0.2) is 53.4 Å². The van der Waals surface area contributed by atoms with Gasteiger partial charge in [0.15, 0.2) is 0 Å². The Balaban J connectivity index is 1.73. The summed E-state index contributed by atoms with van der Waals surface area (Å²) in [4.78, 5) is 2.44. The SMILES string of the molecule is COc1ccccc1S(=O)(=O)N(C)Cc1ccc(N2CCOCC2)cc1. The summed E-state index contributed by atoms with van der Waals surface area (Å²) in [5, 5.41) is 0. The van der Waals surface area contributed by atoms with Crippen LogP contribution in [-0.4, -0.2) is 53.2 Å². The van der Waals surface area contributed by atoms with Gasteiger partial charge in [0, 0.05) is 32.4 Å². The number of nitrogens with zero attached hydrogens (tertiary/aromatic N) is 2. The van der Waals surface area contributed by atoms with E-state index in [4.69, 9.17) is 9.47 Å². The molecule has 0 unspecified atom stereocenters. The lowest BCUT2D eigenvalue weighted by atomic mass is 10.2. The van der Waals surface area contributed by atoms with Gasteiger partial charge in [0.1, 0.15) is 10.6 Å². The maximum Gasteiger partial charge on any atom is 0.246 e. The van der Waals surface area contributed by atoms with Crippen molar-refractivity contribution in [2.24, 2.45) is 0 Å². The first-order valence-electron chi connectivity index (χ1n) is 8.53. The molecule has 0 amide bonds. The molecule has 2 aromatic rings. The Hall–Kier alpha value is -2.09. The first-order chi connectivity index (χ1) is 12.5. The number of sulfonamides is 1. The van der Waals surface area contributed by atoms with E-state index in [0.29, 0.717) is 12.3 Å². The molecule has 6 nitrogen and oxygen atoms in total. The van der Waals surface area contributed by atoms with Gasteiger partial charge in [-0.3, -0.25) is 0 Å². The van der Waals surface area contributed by atoms with Gasteiger partial charge >= 0.3 is 0 Å². The highest BCUT2D eigenvalue weighted by molar-refractivity contribution is 7.89. The van der Waals surface area contributed by atoms with Crippen molar-refractivity contribution < 1.29 is 17.9 Å². The highest BCUT2D eigenvalue weighted by Crippen LogP contribution is 2.26. The van der Waals surface area contributed by atoms with E-state index in [1.165, 1.54) is 11.4 Å². The highest BCUT2D eigenvalue weighted by atomic mass is 32.2. The molecule has 0 radical (unpaired) electrons. The van der Waals surface area contributed by atoms with Crippen LogP contribution in [0.25, 0.3) is 0 Å². The summed E-state index contributed by atoms with van der Waals surface area (Å²) in [7, 11) is -0.577. The zero-order valence-electron chi connectivity index (χ0n) is 15.1. The standard InChI is InChI=1S/C19H24N2O4S/c1-20(26(22,23)19-6-4-3-5-18(19)24-2)15-16-7-9-17(10-8-16)21-11-13-25-14-12-21/h3-10H,11-15H2,1-2H3. The maximum absolute atomic E-state index is 12.9. The predicted molar refractivity (Wildman–Crippen MR) is 101 cm³/mol. The lowest BCUT2D eigenvalue weighted by molar-refractivity contribution is 0.122. The van der Waals surface area contributed by atoms with Crippen LogP contribution < -0.4 is 9.64 Å². The quantitative estimate of drug-likeness (QED) is 0.775. The minimum Gasteiger partial charge on any atom is -0.495 e. The normalized spacial score (nSPS) is 15.3. The number of hydrogen-bond acceptors (Lipinski definition) is 5. The molecule has 7 heteroatoms. The molecular weight excluding hydrogens is 352 g/mol. The van der Waals surface area contributed by atoms with Crippen LogP contribution in [0.3, 0.4) is 0 Å². The van der Waals surface area contributed by atoms with E-state index < -0.39 is 10.0 Å². The molecule has 0 aromatic heterocycles. The molecule has 1 saturated heterocycles. The molecule has 1 aliphatic heterocycles. The Morgan fingerprint density at radius 2 is 1.73 bits per heavy atom. The summed E-state index contributed by atoms with van der Waals surface area (Å²) in [6.07, 6.45) is 0. The van der Waals surface area contributed by atoms with Gasteiger partial charge in [0.05, 0.1) is 20.3 Å². The predicted octanol–water partition coefficient (Wildman–Crippen LogP) is 2.35. The summed E-state index contributed by atoms with van der Waals surface area (Å²) in [6, 6.07) is 14.7. The van der Waals surface area contributed by atoms with Gasteiger partial charge in [-0.1, -0.05) is 24.3 Å². The summed E-state index contributed by atoms with van der Waals surface area (Å²) >= 11 is 0. The monoisotopic (exact) mass is 376 g/mol. The molecule has 0 spiro atoms. The molecule has 1 fully saturated rings. The summed E-state index contributed by atoms with van der Waals surface area (Å²) in [5.41, 5.74) is 2.07. The molecular formula is C19H24N2O4S. The third kappa shape index (κ3) is 4.00. The molecule has 0 bridgehead atoms.